The number of rotatable bonds is 11. The molecule has 0 amide bonds. The van der Waals surface area contributed by atoms with Gasteiger partial charge in [0, 0.05) is 6.42 Å². The third-order valence-corrected chi connectivity index (χ3v) is 4.41. The zero-order valence-electron chi connectivity index (χ0n) is 13.3. The molecule has 116 valence electrons. The maximum absolute atomic E-state index is 11.8. The summed E-state index contributed by atoms with van der Waals surface area (Å²) in [6.45, 7) is 4.86. The van der Waals surface area contributed by atoms with Gasteiger partial charge in [0.2, 0.25) is 0 Å². The van der Waals surface area contributed by atoms with Crippen LogP contribution in [-0.4, -0.2) is 52.4 Å². The van der Waals surface area contributed by atoms with Crippen molar-refractivity contribution in [3.05, 3.63) is 0 Å². The maximum Gasteiger partial charge on any atom is 0.267 e. The Morgan fingerprint density at radius 2 is 1.68 bits per heavy atom. The summed E-state index contributed by atoms with van der Waals surface area (Å²) in [7, 11) is 2.82. The van der Waals surface area contributed by atoms with Crippen molar-refractivity contribution in [1.82, 2.24) is 0 Å². The van der Waals surface area contributed by atoms with E-state index in [2.05, 4.69) is 28.1 Å². The molecule has 0 aromatic carbocycles. The Kier molecular flexibility index (Phi) is 8.86. The lowest BCUT2D eigenvalue weighted by Gasteiger charge is -2.23. The van der Waals surface area contributed by atoms with Crippen molar-refractivity contribution in [3.8, 4) is 0 Å². The van der Waals surface area contributed by atoms with Crippen LogP contribution in [0.2, 0.25) is 0 Å². The van der Waals surface area contributed by atoms with Crippen LogP contribution >= 0.6 is 0 Å². The molecule has 19 heavy (non-hydrogen) atoms. The van der Waals surface area contributed by atoms with E-state index >= 15 is 0 Å². The summed E-state index contributed by atoms with van der Waals surface area (Å²) in [5, 5.41) is 0. The molecule has 0 aromatic rings. The summed E-state index contributed by atoms with van der Waals surface area (Å²) in [4.78, 5) is 0. The van der Waals surface area contributed by atoms with E-state index in [0.29, 0.717) is 6.42 Å². The van der Waals surface area contributed by atoms with Crippen molar-refractivity contribution in [3.63, 3.8) is 0 Å². The van der Waals surface area contributed by atoms with Crippen LogP contribution in [0.15, 0.2) is 0 Å². The molecule has 0 saturated carbocycles. The highest BCUT2D eigenvalue weighted by Crippen LogP contribution is 2.11. The van der Waals surface area contributed by atoms with Gasteiger partial charge in [0.05, 0.1) is 39.5 Å². The highest BCUT2D eigenvalue weighted by atomic mass is 32.2. The van der Waals surface area contributed by atoms with Gasteiger partial charge in [-0.1, -0.05) is 32.6 Å². The lowest BCUT2D eigenvalue weighted by Crippen LogP contribution is -2.36. The van der Waals surface area contributed by atoms with Gasteiger partial charge in [-0.15, -0.1) is 0 Å². The van der Waals surface area contributed by atoms with E-state index in [4.69, 9.17) is 4.18 Å². The average molecular weight is 294 g/mol. The zero-order valence-corrected chi connectivity index (χ0v) is 14.1. The van der Waals surface area contributed by atoms with Gasteiger partial charge in [0.15, 0.2) is 0 Å². The molecule has 0 aliphatic carbocycles. The highest BCUT2D eigenvalue weighted by Gasteiger charge is 2.17. The first-order valence-electron chi connectivity index (χ1n) is 7.37. The fourth-order valence-corrected chi connectivity index (χ4v) is 3.10. The minimum absolute atomic E-state index is 0.127. The molecule has 0 rings (SSSR count). The monoisotopic (exact) mass is 294 g/mol. The number of hydrogen-bond donors (Lipinski definition) is 0. The summed E-state index contributed by atoms with van der Waals surface area (Å²) in [6.07, 6.45) is 5.89. The topological polar surface area (TPSA) is 43.4 Å². The Morgan fingerprint density at radius 1 is 1.05 bits per heavy atom. The molecule has 0 radical (unpaired) electrons. The summed E-state index contributed by atoms with van der Waals surface area (Å²) in [6, 6.07) is 0. The van der Waals surface area contributed by atoms with Crippen molar-refractivity contribution in [2.24, 2.45) is 0 Å². The van der Waals surface area contributed by atoms with Crippen molar-refractivity contribution in [2.75, 3.05) is 33.4 Å². The van der Waals surface area contributed by atoms with E-state index in [0.717, 1.165) is 30.3 Å². The lowest BCUT2D eigenvalue weighted by molar-refractivity contribution is -0.870. The maximum atomic E-state index is 11.8. The molecule has 4 nitrogen and oxygen atoms in total. The highest BCUT2D eigenvalue weighted by molar-refractivity contribution is 7.86. The fourth-order valence-electron chi connectivity index (χ4n) is 1.92. The molecule has 0 N–H and O–H groups in total. The van der Waals surface area contributed by atoms with Crippen LogP contribution in [0.3, 0.4) is 0 Å². The molecule has 5 heteroatoms. The summed E-state index contributed by atoms with van der Waals surface area (Å²) >= 11 is 0. The Balaban J connectivity index is 3.88. The normalized spacial score (nSPS) is 14.6. The lowest BCUT2D eigenvalue weighted by atomic mass is 10.1. The summed E-state index contributed by atoms with van der Waals surface area (Å²) < 4.78 is 29.6. The third kappa shape index (κ3) is 12.6. The van der Waals surface area contributed by atoms with E-state index in [9.17, 15) is 8.42 Å². The quantitative estimate of drug-likeness (QED) is 0.334. The first-order chi connectivity index (χ1) is 8.66. The minimum Gasteiger partial charge on any atom is -0.331 e. The molecule has 0 fully saturated rings. The van der Waals surface area contributed by atoms with Gasteiger partial charge in [-0.25, -0.2) is 0 Å². The average Bonchev–Trinajstić information content (AvgIpc) is 2.21. The second-order valence-electron chi connectivity index (χ2n) is 6.39. The molecule has 1 unspecified atom stereocenters. The second kappa shape index (κ2) is 8.93. The smallest absolute Gasteiger partial charge is 0.267 e. The van der Waals surface area contributed by atoms with E-state index < -0.39 is 10.1 Å². The fraction of sp³-hybridized carbons (Fsp3) is 1.00. The minimum atomic E-state index is -3.36. The van der Waals surface area contributed by atoms with Crippen molar-refractivity contribution in [1.29, 1.82) is 0 Å². The molecular weight excluding hydrogens is 262 g/mol. The molecule has 0 aliphatic rings. The Labute approximate surface area is 119 Å². The molecule has 0 bridgehead atoms. The number of nitrogens with zero attached hydrogens (tertiary/aromatic N) is 1. The number of quaternary nitrogens is 1. The van der Waals surface area contributed by atoms with Crippen molar-refractivity contribution >= 4 is 10.1 Å². The first kappa shape index (κ1) is 18.9. The van der Waals surface area contributed by atoms with E-state index in [1.807, 2.05) is 6.92 Å². The van der Waals surface area contributed by atoms with Crippen LogP contribution in [0.1, 0.15) is 52.4 Å². The predicted octanol–water partition coefficient (Wildman–Crippen LogP) is 2.79. The van der Waals surface area contributed by atoms with Crippen molar-refractivity contribution < 1.29 is 17.1 Å². The van der Waals surface area contributed by atoms with Gasteiger partial charge in [0.1, 0.15) is 0 Å². The first-order valence-corrected chi connectivity index (χ1v) is 8.95. The molecule has 0 saturated heterocycles. The summed E-state index contributed by atoms with van der Waals surface area (Å²) in [5.74, 6) is 0.127. The number of hydrogen-bond acceptors (Lipinski definition) is 3. The molecule has 0 aliphatic heterocycles. The molecular formula is C14H32NO3S+. The Bertz CT molecular complexity index is 320. The van der Waals surface area contributed by atoms with Gasteiger partial charge < -0.3 is 4.48 Å². The van der Waals surface area contributed by atoms with E-state index in [1.165, 1.54) is 12.8 Å². The third-order valence-electron chi connectivity index (χ3n) is 3.00. The Hall–Kier alpha value is -0.130. The molecule has 0 heterocycles. The van der Waals surface area contributed by atoms with E-state index in [1.54, 1.807) is 0 Å². The Morgan fingerprint density at radius 3 is 2.21 bits per heavy atom. The van der Waals surface area contributed by atoms with Gasteiger partial charge >= 0.3 is 0 Å². The molecule has 0 spiro atoms. The molecule has 0 aromatic heterocycles. The SMILES string of the molecule is CCCCCCC(C)OS(=O)(=O)CCC[N+](C)(C)C. The summed E-state index contributed by atoms with van der Waals surface area (Å²) in [5.41, 5.74) is 0. The van der Waals surface area contributed by atoms with Crippen LogP contribution in [0, 0.1) is 0 Å². The van der Waals surface area contributed by atoms with Crippen LogP contribution < -0.4 is 0 Å². The largest absolute Gasteiger partial charge is 0.331 e. The standard InChI is InChI=1S/C14H32NO3S/c1-6-7-8-9-11-14(2)18-19(16,17)13-10-12-15(3,4)5/h14H,6-13H2,1-5H3/q+1. The predicted molar refractivity (Wildman–Crippen MR) is 80.6 cm³/mol. The van der Waals surface area contributed by atoms with Gasteiger partial charge in [-0.05, 0) is 13.3 Å². The van der Waals surface area contributed by atoms with Crippen LogP contribution in [-0.2, 0) is 14.3 Å². The van der Waals surface area contributed by atoms with Gasteiger partial charge in [-0.2, -0.15) is 8.42 Å². The number of unbranched alkanes of at least 4 members (excludes halogenated alkanes) is 3. The molecule has 1 atom stereocenters. The van der Waals surface area contributed by atoms with Crippen LogP contribution in [0.4, 0.5) is 0 Å². The van der Waals surface area contributed by atoms with Crippen molar-refractivity contribution in [2.45, 2.75) is 58.5 Å². The van der Waals surface area contributed by atoms with E-state index in [-0.39, 0.29) is 11.9 Å². The zero-order chi connectivity index (χ0) is 14.9. The van der Waals surface area contributed by atoms with Gasteiger partial charge in [0.25, 0.3) is 10.1 Å². The van der Waals surface area contributed by atoms with Crippen LogP contribution in [0.25, 0.3) is 0 Å². The van der Waals surface area contributed by atoms with Crippen LogP contribution in [0.5, 0.6) is 0 Å². The van der Waals surface area contributed by atoms with Gasteiger partial charge in [-0.3, -0.25) is 4.18 Å². The second-order valence-corrected chi connectivity index (χ2v) is 8.10.